The second-order valence-electron chi connectivity index (χ2n) is 12.0. The smallest absolute Gasteiger partial charge is 0.164 e. The Morgan fingerprint density at radius 1 is 0.306 bits per heavy atom. The Bertz CT molecular complexity index is 2580. The van der Waals surface area contributed by atoms with Gasteiger partial charge in [-0.2, -0.15) is 0 Å². The Morgan fingerprint density at radius 3 is 1.47 bits per heavy atom. The van der Waals surface area contributed by atoms with Crippen molar-refractivity contribution in [2.24, 2.45) is 0 Å². The lowest BCUT2D eigenvalue weighted by molar-refractivity contribution is 0.669. The molecule has 6 aromatic carbocycles. The van der Waals surface area contributed by atoms with Crippen LogP contribution >= 0.6 is 0 Å². The summed E-state index contributed by atoms with van der Waals surface area (Å²) < 4.78 is 6.24. The normalized spacial score (nSPS) is 11.3. The van der Waals surface area contributed by atoms with E-state index in [0.29, 0.717) is 17.5 Å². The van der Waals surface area contributed by atoms with Crippen molar-refractivity contribution in [2.45, 2.75) is 0 Å². The predicted molar refractivity (Wildman–Crippen MR) is 198 cm³/mol. The highest BCUT2D eigenvalue weighted by Crippen LogP contribution is 2.35. The molecule has 0 unspecified atom stereocenters. The summed E-state index contributed by atoms with van der Waals surface area (Å²) in [5.41, 5.74) is 11.0. The lowest BCUT2D eigenvalue weighted by atomic mass is 9.94. The molecule has 0 saturated carbocycles. The molecule has 0 saturated heterocycles. The van der Waals surface area contributed by atoms with Crippen LogP contribution in [0, 0.1) is 0 Å². The minimum Gasteiger partial charge on any atom is -0.456 e. The van der Waals surface area contributed by atoms with E-state index in [0.717, 1.165) is 72.0 Å². The molecule has 3 heterocycles. The quantitative estimate of drug-likeness (QED) is 0.183. The molecule has 0 aliphatic heterocycles. The van der Waals surface area contributed by atoms with Gasteiger partial charge in [-0.1, -0.05) is 109 Å². The fourth-order valence-electron chi connectivity index (χ4n) is 6.34. The van der Waals surface area contributed by atoms with Crippen molar-refractivity contribution >= 4 is 21.9 Å². The van der Waals surface area contributed by atoms with E-state index in [1.807, 2.05) is 85.2 Å². The molecule has 0 fully saturated rings. The van der Waals surface area contributed by atoms with Crippen LogP contribution in [0.5, 0.6) is 0 Å². The third kappa shape index (κ3) is 5.53. The fraction of sp³-hybridized carbons (Fsp3) is 0. The van der Waals surface area contributed by atoms with E-state index in [1.165, 1.54) is 0 Å². The Morgan fingerprint density at radius 2 is 0.776 bits per heavy atom. The van der Waals surface area contributed by atoms with Crippen molar-refractivity contribution in [3.63, 3.8) is 0 Å². The van der Waals surface area contributed by atoms with E-state index in [1.54, 1.807) is 0 Å². The van der Waals surface area contributed by atoms with E-state index in [9.17, 15) is 0 Å². The number of fused-ring (bicyclic) bond motifs is 3. The number of hydrogen-bond donors (Lipinski definition) is 0. The van der Waals surface area contributed by atoms with Gasteiger partial charge in [0.1, 0.15) is 11.2 Å². The fourth-order valence-corrected chi connectivity index (χ4v) is 6.34. The molecule has 0 aliphatic rings. The van der Waals surface area contributed by atoms with E-state index in [-0.39, 0.29) is 0 Å². The highest BCUT2D eigenvalue weighted by atomic mass is 16.3. The van der Waals surface area contributed by atoms with Crippen LogP contribution in [0.1, 0.15) is 0 Å². The highest BCUT2D eigenvalue weighted by molar-refractivity contribution is 6.05. The van der Waals surface area contributed by atoms with Crippen LogP contribution in [0.2, 0.25) is 0 Å². The summed E-state index contributed by atoms with van der Waals surface area (Å²) in [6.07, 6.45) is 3.64. The van der Waals surface area contributed by atoms with Gasteiger partial charge in [-0.05, 0) is 81.9 Å². The molecule has 5 nitrogen and oxygen atoms in total. The van der Waals surface area contributed by atoms with Crippen LogP contribution < -0.4 is 0 Å². The number of pyridine rings is 1. The Kier molecular flexibility index (Phi) is 7.06. The second kappa shape index (κ2) is 12.1. The number of furan rings is 1. The van der Waals surface area contributed by atoms with Gasteiger partial charge in [0, 0.05) is 39.9 Å². The van der Waals surface area contributed by atoms with Crippen molar-refractivity contribution in [1.82, 2.24) is 19.9 Å². The third-order valence-corrected chi connectivity index (χ3v) is 8.83. The standard InChI is InChI=1S/C44H28N4O/c1-3-9-29(10-4-1)35-25-36(31-17-15-30(16-18-31)32-21-23-45-24-22-32)27-37(26-35)44-47-42(33-11-5-2-6-12-33)46-43(48-44)34-19-20-39-38-13-7-8-14-40(38)49-41(39)28-34/h1-28H. The number of para-hydroxylation sites is 1. The molecule has 0 aliphatic carbocycles. The number of rotatable bonds is 6. The molecule has 0 bridgehead atoms. The predicted octanol–water partition coefficient (Wildman–Crippen LogP) is 11.2. The first-order chi connectivity index (χ1) is 24.2. The largest absolute Gasteiger partial charge is 0.456 e. The maximum absolute atomic E-state index is 6.24. The van der Waals surface area contributed by atoms with Crippen LogP contribution in [0.25, 0.3) is 89.5 Å². The lowest BCUT2D eigenvalue weighted by Crippen LogP contribution is -2.00. The van der Waals surface area contributed by atoms with Gasteiger partial charge < -0.3 is 4.42 Å². The van der Waals surface area contributed by atoms with Gasteiger partial charge in [-0.25, -0.2) is 15.0 Å². The molecule has 9 aromatic rings. The molecule has 0 N–H and O–H groups in total. The molecule has 0 radical (unpaired) electrons. The summed E-state index contributed by atoms with van der Waals surface area (Å²) >= 11 is 0. The van der Waals surface area contributed by atoms with Gasteiger partial charge >= 0.3 is 0 Å². The van der Waals surface area contributed by atoms with E-state index in [2.05, 4.69) is 89.9 Å². The molecule has 49 heavy (non-hydrogen) atoms. The maximum atomic E-state index is 6.24. The lowest BCUT2D eigenvalue weighted by Gasteiger charge is -2.13. The third-order valence-electron chi connectivity index (χ3n) is 8.83. The SMILES string of the molecule is c1ccc(-c2cc(-c3ccc(-c4ccncc4)cc3)cc(-c3nc(-c4ccccc4)nc(-c4ccc5c(c4)oc4ccccc45)n3)c2)cc1. The van der Waals surface area contributed by atoms with Gasteiger partial charge in [0.15, 0.2) is 17.5 Å². The molecule has 0 atom stereocenters. The Labute approximate surface area is 283 Å². The van der Waals surface area contributed by atoms with Crippen LogP contribution in [-0.2, 0) is 0 Å². The van der Waals surface area contributed by atoms with Gasteiger partial charge in [0.25, 0.3) is 0 Å². The summed E-state index contributed by atoms with van der Waals surface area (Å²) in [5, 5.41) is 2.15. The van der Waals surface area contributed by atoms with E-state index < -0.39 is 0 Å². The zero-order chi connectivity index (χ0) is 32.6. The number of aromatic nitrogens is 4. The first kappa shape index (κ1) is 28.5. The molecule has 230 valence electrons. The van der Waals surface area contributed by atoms with Crippen molar-refractivity contribution in [3.05, 3.63) is 170 Å². The molecular formula is C44H28N4O. The number of hydrogen-bond acceptors (Lipinski definition) is 5. The van der Waals surface area contributed by atoms with Gasteiger partial charge in [-0.15, -0.1) is 0 Å². The zero-order valence-corrected chi connectivity index (χ0v) is 26.4. The molecule has 0 amide bonds. The van der Waals surface area contributed by atoms with Crippen LogP contribution in [0.4, 0.5) is 0 Å². The minimum absolute atomic E-state index is 0.583. The Hall–Kier alpha value is -6.72. The van der Waals surface area contributed by atoms with Crippen LogP contribution in [0.15, 0.2) is 175 Å². The molecule has 3 aromatic heterocycles. The van der Waals surface area contributed by atoms with Gasteiger partial charge in [0.05, 0.1) is 0 Å². The summed E-state index contributed by atoms with van der Waals surface area (Å²) in [4.78, 5) is 19.3. The molecule has 5 heteroatoms. The zero-order valence-electron chi connectivity index (χ0n) is 26.4. The molecule has 9 rings (SSSR count). The second-order valence-corrected chi connectivity index (χ2v) is 12.0. The minimum atomic E-state index is 0.583. The molecule has 0 spiro atoms. The average Bonchev–Trinajstić information content (AvgIpc) is 3.57. The Balaban J connectivity index is 1.21. The van der Waals surface area contributed by atoms with Crippen molar-refractivity contribution < 1.29 is 4.42 Å². The number of benzene rings is 6. The summed E-state index contributed by atoms with van der Waals surface area (Å²) in [5.74, 6) is 1.79. The average molecular weight is 629 g/mol. The van der Waals surface area contributed by atoms with Crippen molar-refractivity contribution in [2.75, 3.05) is 0 Å². The molecular weight excluding hydrogens is 601 g/mol. The van der Waals surface area contributed by atoms with E-state index in [4.69, 9.17) is 19.4 Å². The summed E-state index contributed by atoms with van der Waals surface area (Å²) in [7, 11) is 0. The monoisotopic (exact) mass is 628 g/mol. The highest BCUT2D eigenvalue weighted by Gasteiger charge is 2.16. The van der Waals surface area contributed by atoms with Crippen molar-refractivity contribution in [1.29, 1.82) is 0 Å². The summed E-state index contributed by atoms with van der Waals surface area (Å²) in [6.45, 7) is 0. The topological polar surface area (TPSA) is 64.7 Å². The maximum Gasteiger partial charge on any atom is 0.164 e. The number of nitrogens with zero attached hydrogens (tertiary/aromatic N) is 4. The van der Waals surface area contributed by atoms with Gasteiger partial charge in [-0.3, -0.25) is 4.98 Å². The van der Waals surface area contributed by atoms with Crippen LogP contribution in [0.3, 0.4) is 0 Å². The van der Waals surface area contributed by atoms with Crippen LogP contribution in [-0.4, -0.2) is 19.9 Å². The van der Waals surface area contributed by atoms with E-state index >= 15 is 0 Å². The first-order valence-electron chi connectivity index (χ1n) is 16.2. The van der Waals surface area contributed by atoms with Gasteiger partial charge in [0.2, 0.25) is 0 Å². The first-order valence-corrected chi connectivity index (χ1v) is 16.2. The summed E-state index contributed by atoms with van der Waals surface area (Å²) in [6, 6.07) is 54.0. The van der Waals surface area contributed by atoms with Crippen molar-refractivity contribution in [3.8, 4) is 67.5 Å².